The molecule has 0 atom stereocenters. The van der Waals surface area contributed by atoms with Crippen LogP contribution in [0.3, 0.4) is 0 Å². The molecule has 0 radical (unpaired) electrons. The van der Waals surface area contributed by atoms with Crippen molar-refractivity contribution in [1.29, 1.82) is 0 Å². The SMILES string of the molecule is COc1ccc(Oc2ccc(CNC(=O)c3cc(CN4C(=O)NC(=O)C4=O)ccc3OC)cc2)cc1. The number of carbonyl (C=O) groups excluding carboxylic acids is 4. The molecule has 10 heteroatoms. The smallest absolute Gasteiger partial charge is 0.331 e. The van der Waals surface area contributed by atoms with E-state index in [2.05, 4.69) is 5.32 Å². The average Bonchev–Trinajstić information content (AvgIpc) is 3.14. The highest BCUT2D eigenvalue weighted by molar-refractivity contribution is 6.44. The molecule has 1 heterocycles. The number of ether oxygens (including phenoxy) is 3. The Morgan fingerprint density at radius 2 is 1.44 bits per heavy atom. The number of amides is 5. The van der Waals surface area contributed by atoms with Crippen molar-refractivity contribution in [3.05, 3.63) is 83.4 Å². The van der Waals surface area contributed by atoms with Gasteiger partial charge >= 0.3 is 17.8 Å². The lowest BCUT2D eigenvalue weighted by Crippen LogP contribution is -2.30. The molecule has 5 amide bonds. The zero-order chi connectivity index (χ0) is 25.7. The molecule has 184 valence electrons. The van der Waals surface area contributed by atoms with Gasteiger partial charge in [-0.2, -0.15) is 0 Å². The van der Waals surface area contributed by atoms with E-state index >= 15 is 0 Å². The molecular weight excluding hydrogens is 466 g/mol. The Kier molecular flexibility index (Phi) is 7.15. The second kappa shape index (κ2) is 10.6. The molecule has 2 N–H and O–H groups in total. The first-order valence-electron chi connectivity index (χ1n) is 10.9. The summed E-state index contributed by atoms with van der Waals surface area (Å²) in [6.45, 7) is 0.0902. The van der Waals surface area contributed by atoms with Gasteiger partial charge in [0.25, 0.3) is 5.91 Å². The van der Waals surface area contributed by atoms with Crippen LogP contribution in [0.4, 0.5) is 4.79 Å². The molecule has 3 aromatic carbocycles. The molecular formula is C26H23N3O7. The van der Waals surface area contributed by atoms with Gasteiger partial charge in [0.15, 0.2) is 0 Å². The fourth-order valence-corrected chi connectivity index (χ4v) is 3.52. The van der Waals surface area contributed by atoms with Gasteiger partial charge in [0.2, 0.25) is 0 Å². The molecule has 3 aromatic rings. The summed E-state index contributed by atoms with van der Waals surface area (Å²) in [5, 5.41) is 4.77. The monoisotopic (exact) mass is 489 g/mol. The zero-order valence-electron chi connectivity index (χ0n) is 19.6. The number of methoxy groups -OCH3 is 2. The van der Waals surface area contributed by atoms with Crippen LogP contribution in [0.2, 0.25) is 0 Å². The van der Waals surface area contributed by atoms with Gasteiger partial charge in [-0.25, -0.2) is 4.79 Å². The maximum Gasteiger partial charge on any atom is 0.331 e. The van der Waals surface area contributed by atoms with Crippen LogP contribution in [0, 0.1) is 0 Å². The minimum Gasteiger partial charge on any atom is -0.497 e. The van der Waals surface area contributed by atoms with Crippen molar-refractivity contribution >= 4 is 23.8 Å². The molecule has 0 bridgehead atoms. The van der Waals surface area contributed by atoms with Crippen LogP contribution in [-0.4, -0.2) is 42.9 Å². The highest BCUT2D eigenvalue weighted by Gasteiger charge is 2.36. The molecule has 36 heavy (non-hydrogen) atoms. The first-order valence-corrected chi connectivity index (χ1v) is 10.9. The Labute approximate surface area is 206 Å². The van der Waals surface area contributed by atoms with E-state index in [1.807, 2.05) is 17.4 Å². The molecule has 4 rings (SSSR count). The highest BCUT2D eigenvalue weighted by Crippen LogP contribution is 2.25. The molecule has 0 saturated carbocycles. The van der Waals surface area contributed by atoms with Gasteiger partial charge in [-0.3, -0.25) is 24.6 Å². The van der Waals surface area contributed by atoms with Crippen LogP contribution in [0.1, 0.15) is 21.5 Å². The first kappa shape index (κ1) is 24.3. The van der Waals surface area contributed by atoms with E-state index in [-0.39, 0.29) is 18.7 Å². The van der Waals surface area contributed by atoms with Gasteiger partial charge < -0.3 is 19.5 Å². The summed E-state index contributed by atoms with van der Waals surface area (Å²) in [7, 11) is 3.03. The fraction of sp³-hybridized carbons (Fsp3) is 0.154. The van der Waals surface area contributed by atoms with Crippen molar-refractivity contribution < 1.29 is 33.4 Å². The van der Waals surface area contributed by atoms with Gasteiger partial charge in [-0.1, -0.05) is 18.2 Å². The summed E-state index contributed by atoms with van der Waals surface area (Å²) in [4.78, 5) is 48.7. The van der Waals surface area contributed by atoms with Crippen molar-refractivity contribution in [1.82, 2.24) is 15.5 Å². The topological polar surface area (TPSA) is 123 Å². The third-order valence-corrected chi connectivity index (χ3v) is 5.43. The van der Waals surface area contributed by atoms with E-state index in [1.54, 1.807) is 55.6 Å². The second-order valence-electron chi connectivity index (χ2n) is 7.79. The van der Waals surface area contributed by atoms with Crippen LogP contribution in [0.5, 0.6) is 23.0 Å². The molecule has 1 aliphatic heterocycles. The molecule has 0 aromatic heterocycles. The van der Waals surface area contributed by atoms with Gasteiger partial charge in [0, 0.05) is 6.54 Å². The number of nitrogens with one attached hydrogen (secondary N) is 2. The zero-order valence-corrected chi connectivity index (χ0v) is 19.6. The van der Waals surface area contributed by atoms with Gasteiger partial charge in [-0.15, -0.1) is 0 Å². The van der Waals surface area contributed by atoms with Crippen molar-refractivity contribution in [2.75, 3.05) is 14.2 Å². The number of imide groups is 2. The van der Waals surface area contributed by atoms with Gasteiger partial charge in [-0.05, 0) is 59.7 Å². The third kappa shape index (κ3) is 5.44. The lowest BCUT2D eigenvalue weighted by Gasteiger charge is -2.14. The maximum absolute atomic E-state index is 12.9. The van der Waals surface area contributed by atoms with Crippen LogP contribution in [-0.2, 0) is 22.7 Å². The number of nitrogens with zero attached hydrogens (tertiary/aromatic N) is 1. The number of carbonyl (C=O) groups is 4. The Hall–Kier alpha value is -4.86. The van der Waals surface area contributed by atoms with Crippen molar-refractivity contribution in [2.24, 2.45) is 0 Å². The summed E-state index contributed by atoms with van der Waals surface area (Å²) in [5.74, 6) is 0.0482. The number of rotatable bonds is 9. The van der Waals surface area contributed by atoms with Crippen molar-refractivity contribution in [2.45, 2.75) is 13.1 Å². The van der Waals surface area contributed by atoms with Crippen LogP contribution < -0.4 is 24.8 Å². The summed E-state index contributed by atoms with van der Waals surface area (Å²) in [5.41, 5.74) is 1.56. The van der Waals surface area contributed by atoms with Crippen LogP contribution in [0.15, 0.2) is 66.7 Å². The van der Waals surface area contributed by atoms with Crippen molar-refractivity contribution in [3.8, 4) is 23.0 Å². The van der Waals surface area contributed by atoms with E-state index in [0.29, 0.717) is 22.8 Å². The van der Waals surface area contributed by atoms with Crippen molar-refractivity contribution in [3.63, 3.8) is 0 Å². The summed E-state index contributed by atoms with van der Waals surface area (Å²) in [6.07, 6.45) is 0. The Balaban J connectivity index is 1.39. The number of urea groups is 1. The predicted octanol–water partition coefficient (Wildman–Crippen LogP) is 3.00. The predicted molar refractivity (Wildman–Crippen MR) is 128 cm³/mol. The number of benzene rings is 3. The van der Waals surface area contributed by atoms with E-state index in [9.17, 15) is 19.2 Å². The summed E-state index contributed by atoms with van der Waals surface area (Å²) in [6, 6.07) is 18.4. The third-order valence-electron chi connectivity index (χ3n) is 5.43. The Morgan fingerprint density at radius 1 is 0.833 bits per heavy atom. The lowest BCUT2D eigenvalue weighted by atomic mass is 10.1. The molecule has 0 aliphatic carbocycles. The van der Waals surface area contributed by atoms with Crippen LogP contribution >= 0.6 is 0 Å². The minimum absolute atomic E-state index is 0.156. The lowest BCUT2D eigenvalue weighted by molar-refractivity contribution is -0.140. The normalized spacial score (nSPS) is 12.8. The van der Waals surface area contributed by atoms with E-state index in [0.717, 1.165) is 16.2 Å². The Bertz CT molecular complexity index is 1300. The quantitative estimate of drug-likeness (QED) is 0.350. The standard InChI is InChI=1S/C26H23N3O7/c1-34-18-8-10-20(11-9-18)36-19-6-3-16(4-7-19)14-27-23(30)21-13-17(5-12-22(21)35-2)15-29-25(32)24(31)28-26(29)33/h3-13H,14-15H2,1-2H3,(H,27,30)(H,28,31,33). The highest BCUT2D eigenvalue weighted by atomic mass is 16.5. The number of hydrogen-bond donors (Lipinski definition) is 2. The number of hydrogen-bond acceptors (Lipinski definition) is 7. The fourth-order valence-electron chi connectivity index (χ4n) is 3.52. The molecule has 0 spiro atoms. The molecule has 1 saturated heterocycles. The van der Waals surface area contributed by atoms with E-state index in [1.165, 1.54) is 13.2 Å². The van der Waals surface area contributed by atoms with Gasteiger partial charge in [0.1, 0.15) is 23.0 Å². The summed E-state index contributed by atoms with van der Waals surface area (Å²) >= 11 is 0. The molecule has 10 nitrogen and oxygen atoms in total. The van der Waals surface area contributed by atoms with Crippen LogP contribution in [0.25, 0.3) is 0 Å². The Morgan fingerprint density at radius 3 is 2.03 bits per heavy atom. The average molecular weight is 489 g/mol. The maximum atomic E-state index is 12.9. The minimum atomic E-state index is -0.980. The van der Waals surface area contributed by atoms with Gasteiger partial charge in [0.05, 0.1) is 26.3 Å². The summed E-state index contributed by atoms with van der Waals surface area (Å²) < 4.78 is 16.2. The van der Waals surface area contributed by atoms with E-state index < -0.39 is 23.8 Å². The van der Waals surface area contributed by atoms with E-state index in [4.69, 9.17) is 14.2 Å². The molecule has 1 aliphatic rings. The largest absolute Gasteiger partial charge is 0.497 e. The first-order chi connectivity index (χ1) is 17.4. The molecule has 0 unspecified atom stereocenters. The molecule has 1 fully saturated rings. The second-order valence-corrected chi connectivity index (χ2v) is 7.79.